The maximum Gasteiger partial charge on any atom is 0.420 e. The minimum absolute atomic E-state index is 0.287. The summed E-state index contributed by atoms with van der Waals surface area (Å²) >= 11 is 0. The molecule has 1 aromatic carbocycles. The number of pyridine rings is 2. The summed E-state index contributed by atoms with van der Waals surface area (Å²) in [5.74, 6) is -0.377. The number of aryl methyl sites for hydroxylation is 1. The van der Waals surface area contributed by atoms with Crippen molar-refractivity contribution in [1.29, 1.82) is 0 Å². The highest BCUT2D eigenvalue weighted by Gasteiger charge is 2.15. The molecule has 2 aromatic heterocycles. The van der Waals surface area contributed by atoms with Crippen LogP contribution in [0.1, 0.15) is 5.69 Å². The molecule has 0 radical (unpaired) electrons. The van der Waals surface area contributed by atoms with Crippen LogP contribution in [0.15, 0.2) is 47.4 Å². The summed E-state index contributed by atoms with van der Waals surface area (Å²) in [7, 11) is 1.20. The first kappa shape index (κ1) is 14.9. The fourth-order valence-electron chi connectivity index (χ4n) is 2.46. The molecule has 2 heterocycles. The van der Waals surface area contributed by atoms with Gasteiger partial charge in [-0.2, -0.15) is 0 Å². The number of hydrogen-bond donors (Lipinski definition) is 0. The summed E-state index contributed by atoms with van der Waals surface area (Å²) in [6.07, 6.45) is 0.590. The van der Waals surface area contributed by atoms with Gasteiger partial charge in [-0.1, -0.05) is 0 Å². The van der Waals surface area contributed by atoms with Gasteiger partial charge < -0.3 is 4.74 Å². The van der Waals surface area contributed by atoms with Gasteiger partial charge in [0.05, 0.1) is 18.2 Å². The molecule has 0 amide bonds. The van der Waals surface area contributed by atoms with E-state index >= 15 is 0 Å². The van der Waals surface area contributed by atoms with Gasteiger partial charge in [0, 0.05) is 17.5 Å². The van der Waals surface area contributed by atoms with Crippen LogP contribution in [-0.4, -0.2) is 22.8 Å². The van der Waals surface area contributed by atoms with E-state index in [1.165, 1.54) is 25.4 Å². The van der Waals surface area contributed by atoms with Gasteiger partial charge in [-0.3, -0.25) is 9.78 Å². The Morgan fingerprint density at radius 3 is 2.57 bits per heavy atom. The number of carbonyl (C=O) groups excluding carboxylic acids is 1. The lowest BCUT2D eigenvalue weighted by molar-refractivity contribution is 0.172. The van der Waals surface area contributed by atoms with Gasteiger partial charge in [0.15, 0.2) is 0 Å². The minimum Gasteiger partial charge on any atom is -0.452 e. The minimum atomic E-state index is -0.775. The number of benzene rings is 1. The van der Waals surface area contributed by atoms with Gasteiger partial charge in [-0.25, -0.2) is 13.8 Å². The van der Waals surface area contributed by atoms with Crippen molar-refractivity contribution < 1.29 is 13.9 Å². The number of methoxy groups -OCH3 is 1. The van der Waals surface area contributed by atoms with Crippen LogP contribution in [0.3, 0.4) is 0 Å². The second-order valence-electron chi connectivity index (χ2n) is 5.04. The summed E-state index contributed by atoms with van der Waals surface area (Å²) in [6, 6.07) is 9.09. The molecular weight excluding hydrogens is 299 g/mol. The van der Waals surface area contributed by atoms with Crippen molar-refractivity contribution in [2.45, 2.75) is 6.92 Å². The summed E-state index contributed by atoms with van der Waals surface area (Å²) in [5, 5.41) is 0.942. The molecule has 0 N–H and O–H groups in total. The van der Waals surface area contributed by atoms with Gasteiger partial charge >= 0.3 is 6.09 Å². The largest absolute Gasteiger partial charge is 0.452 e. The monoisotopic (exact) mass is 312 g/mol. The Morgan fingerprint density at radius 2 is 1.91 bits per heavy atom. The fraction of sp³-hybridized carbons (Fsp3) is 0.118. The van der Waals surface area contributed by atoms with Crippen LogP contribution in [0, 0.1) is 12.7 Å². The van der Waals surface area contributed by atoms with E-state index in [4.69, 9.17) is 0 Å². The third-order valence-electron chi connectivity index (χ3n) is 3.50. The zero-order valence-electron chi connectivity index (χ0n) is 12.5. The molecule has 0 bridgehead atoms. The van der Waals surface area contributed by atoms with Crippen LogP contribution >= 0.6 is 0 Å². The number of fused-ring (bicyclic) bond motifs is 1. The molecule has 0 spiro atoms. The average molecular weight is 312 g/mol. The van der Waals surface area contributed by atoms with Crippen molar-refractivity contribution in [3.63, 3.8) is 0 Å². The number of ether oxygens (including phenoxy) is 1. The lowest BCUT2D eigenvalue weighted by Gasteiger charge is -2.10. The van der Waals surface area contributed by atoms with Crippen molar-refractivity contribution >= 4 is 16.9 Å². The zero-order chi connectivity index (χ0) is 16.6. The van der Waals surface area contributed by atoms with Crippen molar-refractivity contribution in [3.8, 4) is 11.3 Å². The molecule has 0 atom stereocenters. The average Bonchev–Trinajstić information content (AvgIpc) is 2.54. The van der Waals surface area contributed by atoms with Crippen LogP contribution in [0.5, 0.6) is 0 Å². The normalized spacial score (nSPS) is 10.7. The Kier molecular flexibility index (Phi) is 3.65. The van der Waals surface area contributed by atoms with E-state index in [2.05, 4.69) is 9.72 Å². The van der Waals surface area contributed by atoms with Gasteiger partial charge in [0.1, 0.15) is 5.82 Å². The number of nitrogens with zero attached hydrogens (tertiary/aromatic N) is 2. The van der Waals surface area contributed by atoms with Crippen molar-refractivity contribution in [3.05, 3.63) is 64.5 Å². The number of rotatable bonds is 1. The Balaban J connectivity index is 2.38. The predicted molar refractivity (Wildman–Crippen MR) is 83.9 cm³/mol. The first-order valence-corrected chi connectivity index (χ1v) is 6.88. The molecule has 116 valence electrons. The van der Waals surface area contributed by atoms with E-state index in [9.17, 15) is 14.0 Å². The second-order valence-corrected chi connectivity index (χ2v) is 5.04. The molecule has 0 aliphatic carbocycles. The quantitative estimate of drug-likeness (QED) is 0.692. The van der Waals surface area contributed by atoms with Gasteiger partial charge in [-0.05, 0) is 48.7 Å². The lowest BCUT2D eigenvalue weighted by Crippen LogP contribution is -2.27. The zero-order valence-corrected chi connectivity index (χ0v) is 12.5. The molecule has 0 aliphatic rings. The van der Waals surface area contributed by atoms with Gasteiger partial charge in [-0.15, -0.1) is 0 Å². The number of carbonyl (C=O) groups is 1. The number of hydrogen-bond acceptors (Lipinski definition) is 4. The maximum absolute atomic E-state index is 13.1. The SMILES string of the molecule is COC(=O)n1ccc2cc(C)nc(-c3ccc(F)cc3)c2c1=O. The van der Waals surface area contributed by atoms with E-state index in [1.54, 1.807) is 31.2 Å². The lowest BCUT2D eigenvalue weighted by atomic mass is 10.0. The molecule has 0 fully saturated rings. The number of halogens is 1. The Hall–Kier alpha value is -3.02. The van der Waals surface area contributed by atoms with Crippen LogP contribution in [0.4, 0.5) is 9.18 Å². The van der Waals surface area contributed by atoms with E-state index in [-0.39, 0.29) is 11.2 Å². The molecule has 0 unspecified atom stereocenters. The molecule has 3 aromatic rings. The Labute approximate surface area is 131 Å². The fourth-order valence-corrected chi connectivity index (χ4v) is 2.46. The maximum atomic E-state index is 13.1. The standard InChI is InChI=1S/C17H13FN2O3/c1-10-9-12-7-8-20(17(22)23-2)16(21)14(12)15(19-10)11-3-5-13(18)6-4-11/h3-9H,1-2H3. The van der Waals surface area contributed by atoms with Gasteiger partial charge in [0.25, 0.3) is 5.56 Å². The molecule has 3 rings (SSSR count). The summed E-state index contributed by atoms with van der Waals surface area (Å²) in [5.41, 5.74) is 1.19. The number of aromatic nitrogens is 2. The smallest absolute Gasteiger partial charge is 0.420 e. The summed E-state index contributed by atoms with van der Waals surface area (Å²) < 4.78 is 18.6. The molecule has 23 heavy (non-hydrogen) atoms. The van der Waals surface area contributed by atoms with E-state index in [0.29, 0.717) is 22.3 Å². The van der Waals surface area contributed by atoms with Crippen LogP contribution < -0.4 is 5.56 Å². The van der Waals surface area contributed by atoms with E-state index in [0.717, 1.165) is 4.57 Å². The topological polar surface area (TPSA) is 61.2 Å². The van der Waals surface area contributed by atoms with Gasteiger partial charge in [0.2, 0.25) is 0 Å². The van der Waals surface area contributed by atoms with Crippen LogP contribution in [-0.2, 0) is 4.74 Å². The molecule has 0 aliphatic heterocycles. The Bertz CT molecular complexity index is 962. The van der Waals surface area contributed by atoms with Crippen LogP contribution in [0.25, 0.3) is 22.0 Å². The first-order valence-electron chi connectivity index (χ1n) is 6.88. The summed E-state index contributed by atoms with van der Waals surface area (Å²) in [6.45, 7) is 1.80. The third kappa shape index (κ3) is 2.59. The molecule has 6 heteroatoms. The van der Waals surface area contributed by atoms with Crippen molar-refractivity contribution in [1.82, 2.24) is 9.55 Å². The molecule has 0 saturated heterocycles. The molecule has 0 saturated carbocycles. The van der Waals surface area contributed by atoms with Crippen molar-refractivity contribution in [2.75, 3.05) is 7.11 Å². The molecule has 5 nitrogen and oxygen atoms in total. The third-order valence-corrected chi connectivity index (χ3v) is 3.50. The highest BCUT2D eigenvalue weighted by molar-refractivity contribution is 5.95. The second kappa shape index (κ2) is 5.64. The summed E-state index contributed by atoms with van der Waals surface area (Å²) in [4.78, 5) is 28.8. The van der Waals surface area contributed by atoms with Crippen molar-refractivity contribution in [2.24, 2.45) is 0 Å². The highest BCUT2D eigenvalue weighted by Crippen LogP contribution is 2.25. The van der Waals surface area contributed by atoms with Crippen LogP contribution in [0.2, 0.25) is 0 Å². The molecular formula is C17H13FN2O3. The van der Waals surface area contributed by atoms with E-state index < -0.39 is 11.7 Å². The first-order chi connectivity index (χ1) is 11.0. The van der Waals surface area contributed by atoms with E-state index in [1.807, 2.05) is 0 Å². The Morgan fingerprint density at radius 1 is 1.22 bits per heavy atom. The predicted octanol–water partition coefficient (Wildman–Crippen LogP) is 3.13. The highest BCUT2D eigenvalue weighted by atomic mass is 19.1.